The van der Waals surface area contributed by atoms with Crippen LogP contribution in [0.1, 0.15) is 45.4 Å². The molecule has 3 aliphatic heterocycles. The molecule has 3 saturated heterocycles. The van der Waals surface area contributed by atoms with Crippen molar-refractivity contribution in [3.63, 3.8) is 0 Å². The van der Waals surface area contributed by atoms with Crippen molar-refractivity contribution < 1.29 is 23.8 Å². The topological polar surface area (TPSA) is 67.2 Å². The van der Waals surface area contributed by atoms with E-state index in [4.69, 9.17) is 5.11 Å². The number of rotatable bonds is 3. The normalized spacial score (nSPS) is 39.0. The minimum Gasteiger partial charge on any atom is -0.465 e. The molecule has 1 aliphatic carbocycles. The van der Waals surface area contributed by atoms with Crippen LogP contribution in [0.4, 0.5) is 13.6 Å². The van der Waals surface area contributed by atoms with Crippen LogP contribution in [0.2, 0.25) is 0 Å². The fraction of sp³-hybridized carbons (Fsp3) is 0.947. The van der Waals surface area contributed by atoms with Crippen LogP contribution < -0.4 is 0 Å². The molecule has 1 saturated carbocycles. The number of alkyl halides is 2. The summed E-state index contributed by atoms with van der Waals surface area (Å²) in [7, 11) is 0. The van der Waals surface area contributed by atoms with Gasteiger partial charge < -0.3 is 20.0 Å². The van der Waals surface area contributed by atoms with Crippen LogP contribution in [0, 0.1) is 5.41 Å². The van der Waals surface area contributed by atoms with Crippen LogP contribution in [0.5, 0.6) is 0 Å². The third-order valence-electron chi connectivity index (χ3n) is 7.44. The Balaban J connectivity index is 1.27. The average Bonchev–Trinajstić information content (AvgIpc) is 3.15. The van der Waals surface area contributed by atoms with Gasteiger partial charge in [0.05, 0.1) is 12.6 Å². The zero-order chi connectivity index (χ0) is 19.4. The molecule has 0 bridgehead atoms. The van der Waals surface area contributed by atoms with Gasteiger partial charge in [0, 0.05) is 37.6 Å². The van der Waals surface area contributed by atoms with E-state index in [0.29, 0.717) is 19.1 Å². The number of hydrogen-bond donors (Lipinski definition) is 2. The number of nitrogens with zero attached hydrogens (tertiary/aromatic N) is 3. The summed E-state index contributed by atoms with van der Waals surface area (Å²) < 4.78 is 27.8. The summed E-state index contributed by atoms with van der Waals surface area (Å²) in [6.45, 7) is 4.50. The van der Waals surface area contributed by atoms with Gasteiger partial charge in [-0.1, -0.05) is 0 Å². The van der Waals surface area contributed by atoms with Crippen LogP contribution in [0.3, 0.4) is 0 Å². The molecule has 1 unspecified atom stereocenters. The molecule has 1 amide bonds. The molecule has 154 valence electrons. The molecule has 4 rings (SSSR count). The fourth-order valence-electron chi connectivity index (χ4n) is 5.93. The van der Waals surface area contributed by atoms with E-state index in [0.717, 1.165) is 45.2 Å². The summed E-state index contributed by atoms with van der Waals surface area (Å²) in [5.74, 6) is -2.70. The minimum absolute atomic E-state index is 0.122. The van der Waals surface area contributed by atoms with Crippen LogP contribution >= 0.6 is 0 Å². The Morgan fingerprint density at radius 2 is 1.74 bits per heavy atom. The van der Waals surface area contributed by atoms with E-state index >= 15 is 0 Å². The van der Waals surface area contributed by atoms with E-state index in [2.05, 4.69) is 4.90 Å². The lowest BCUT2D eigenvalue weighted by Gasteiger charge is -2.52. The number of likely N-dealkylation sites (tertiary alicyclic amines) is 3. The lowest BCUT2D eigenvalue weighted by Crippen LogP contribution is -2.56. The zero-order valence-corrected chi connectivity index (χ0v) is 16.0. The second kappa shape index (κ2) is 6.81. The number of aliphatic hydroxyl groups excluding tert-OH is 1. The van der Waals surface area contributed by atoms with Crippen molar-refractivity contribution in [2.75, 3.05) is 32.7 Å². The summed E-state index contributed by atoms with van der Waals surface area (Å²) in [6.07, 6.45) is 3.02. The third kappa shape index (κ3) is 3.68. The molecule has 4 fully saturated rings. The Morgan fingerprint density at radius 3 is 2.30 bits per heavy atom. The van der Waals surface area contributed by atoms with Crippen molar-refractivity contribution in [2.24, 2.45) is 5.41 Å². The number of carboxylic acid groups (broad SMARTS) is 1. The average molecular weight is 387 g/mol. The van der Waals surface area contributed by atoms with Gasteiger partial charge in [0.2, 0.25) is 0 Å². The first-order valence-corrected chi connectivity index (χ1v) is 10.2. The van der Waals surface area contributed by atoms with Crippen molar-refractivity contribution in [1.82, 2.24) is 14.7 Å². The van der Waals surface area contributed by atoms with E-state index in [-0.39, 0.29) is 24.4 Å². The second-order valence-electron chi connectivity index (χ2n) is 9.32. The Morgan fingerprint density at radius 1 is 1.07 bits per heavy atom. The molecule has 8 heteroatoms. The Hall–Kier alpha value is -0.990. The predicted molar refractivity (Wildman–Crippen MR) is 96.0 cm³/mol. The number of carbonyl (C=O) groups is 1. The van der Waals surface area contributed by atoms with Crippen molar-refractivity contribution >= 4 is 6.09 Å². The van der Waals surface area contributed by atoms with Gasteiger partial charge in [0.1, 0.15) is 0 Å². The SMILES string of the molecule is CC(O)[C@H]1CC(F)(F)CN1C1CCN(C2CC3(CCN(C(=O)O)C3)C2)CC1. The maximum absolute atomic E-state index is 13.9. The quantitative estimate of drug-likeness (QED) is 0.776. The molecule has 2 N–H and O–H groups in total. The van der Waals surface area contributed by atoms with Gasteiger partial charge in [-0.3, -0.25) is 4.90 Å². The van der Waals surface area contributed by atoms with Crippen LogP contribution in [0.15, 0.2) is 0 Å². The first-order chi connectivity index (χ1) is 12.7. The van der Waals surface area contributed by atoms with Gasteiger partial charge in [-0.25, -0.2) is 13.6 Å². The van der Waals surface area contributed by atoms with Gasteiger partial charge in [-0.15, -0.1) is 0 Å². The summed E-state index contributed by atoms with van der Waals surface area (Å²) in [5.41, 5.74) is 0.175. The monoisotopic (exact) mass is 387 g/mol. The Kier molecular flexibility index (Phi) is 4.88. The summed E-state index contributed by atoms with van der Waals surface area (Å²) in [6, 6.07) is 0.188. The fourth-order valence-corrected chi connectivity index (χ4v) is 5.93. The summed E-state index contributed by atoms with van der Waals surface area (Å²) in [4.78, 5) is 17.0. The summed E-state index contributed by atoms with van der Waals surface area (Å²) >= 11 is 0. The molecule has 0 aromatic heterocycles. The third-order valence-corrected chi connectivity index (χ3v) is 7.44. The van der Waals surface area contributed by atoms with E-state index < -0.39 is 24.2 Å². The molecular weight excluding hydrogens is 356 g/mol. The minimum atomic E-state index is -2.70. The number of piperidine rings is 1. The second-order valence-corrected chi connectivity index (χ2v) is 9.32. The van der Waals surface area contributed by atoms with E-state index in [1.54, 1.807) is 6.92 Å². The summed E-state index contributed by atoms with van der Waals surface area (Å²) in [5, 5.41) is 19.1. The van der Waals surface area contributed by atoms with Crippen molar-refractivity contribution in [3.05, 3.63) is 0 Å². The van der Waals surface area contributed by atoms with Crippen LogP contribution in [-0.2, 0) is 0 Å². The maximum Gasteiger partial charge on any atom is 0.407 e. The largest absolute Gasteiger partial charge is 0.465 e. The number of amides is 1. The highest BCUT2D eigenvalue weighted by atomic mass is 19.3. The van der Waals surface area contributed by atoms with E-state index in [1.807, 2.05) is 4.90 Å². The Bertz CT molecular complexity index is 575. The lowest BCUT2D eigenvalue weighted by atomic mass is 9.64. The van der Waals surface area contributed by atoms with Gasteiger partial charge in [-0.05, 0) is 57.5 Å². The van der Waals surface area contributed by atoms with Crippen molar-refractivity contribution in [2.45, 2.75) is 75.6 Å². The van der Waals surface area contributed by atoms with Crippen molar-refractivity contribution in [1.29, 1.82) is 0 Å². The first kappa shape index (κ1) is 19.3. The smallest absolute Gasteiger partial charge is 0.407 e. The molecule has 4 aliphatic rings. The predicted octanol–water partition coefficient (Wildman–Crippen LogP) is 2.07. The lowest BCUT2D eigenvalue weighted by molar-refractivity contribution is -0.0284. The van der Waals surface area contributed by atoms with Gasteiger partial charge in [0.15, 0.2) is 0 Å². The number of halogens is 2. The van der Waals surface area contributed by atoms with E-state index in [1.165, 1.54) is 4.90 Å². The standard InChI is InChI=1S/C19H31F2N3O3/c1-13(25)16-10-19(20,21)12-24(16)14-2-5-22(6-3-14)15-8-18(9-15)4-7-23(11-18)17(26)27/h13-16,25H,2-12H2,1H3,(H,26,27)/t13?,15?,16-,18?/m1/s1. The first-order valence-electron chi connectivity index (χ1n) is 10.2. The molecule has 0 aromatic carbocycles. The Labute approximate surface area is 159 Å². The van der Waals surface area contributed by atoms with Gasteiger partial charge in [-0.2, -0.15) is 0 Å². The molecular formula is C19H31F2N3O3. The number of hydrogen-bond acceptors (Lipinski definition) is 4. The van der Waals surface area contributed by atoms with Crippen molar-refractivity contribution in [3.8, 4) is 0 Å². The van der Waals surface area contributed by atoms with Crippen LogP contribution in [0.25, 0.3) is 0 Å². The van der Waals surface area contributed by atoms with E-state index in [9.17, 15) is 18.7 Å². The molecule has 2 atom stereocenters. The molecule has 1 spiro atoms. The van der Waals surface area contributed by atoms with Gasteiger partial charge in [0.25, 0.3) is 5.92 Å². The highest BCUT2D eigenvalue weighted by molar-refractivity contribution is 5.65. The highest BCUT2D eigenvalue weighted by Gasteiger charge is 2.52. The number of aliphatic hydroxyl groups is 1. The molecule has 0 radical (unpaired) electrons. The molecule has 6 nitrogen and oxygen atoms in total. The van der Waals surface area contributed by atoms with Gasteiger partial charge >= 0.3 is 6.09 Å². The zero-order valence-electron chi connectivity index (χ0n) is 16.0. The van der Waals surface area contributed by atoms with Crippen LogP contribution in [-0.4, -0.2) is 93.9 Å². The molecule has 0 aromatic rings. The maximum atomic E-state index is 13.9. The molecule has 27 heavy (non-hydrogen) atoms. The molecule has 3 heterocycles. The highest BCUT2D eigenvalue weighted by Crippen LogP contribution is 2.50.